The summed E-state index contributed by atoms with van der Waals surface area (Å²) >= 11 is 1.05. The van der Waals surface area contributed by atoms with Gasteiger partial charge in [-0.2, -0.15) is 5.10 Å². The first-order valence-corrected chi connectivity index (χ1v) is 7.67. The Morgan fingerprint density at radius 1 is 1.17 bits per heavy atom. The molecule has 0 aliphatic carbocycles. The zero-order valence-corrected chi connectivity index (χ0v) is 13.5. The normalized spacial score (nSPS) is 10.7. The van der Waals surface area contributed by atoms with Crippen molar-refractivity contribution in [3.63, 3.8) is 0 Å². The number of rotatable bonds is 2. The second-order valence-electron chi connectivity index (χ2n) is 4.97. The van der Waals surface area contributed by atoms with Crippen LogP contribution in [0.4, 0.5) is 5.82 Å². The molecule has 0 amide bonds. The fourth-order valence-electron chi connectivity index (χ4n) is 2.10. The molecule has 0 aliphatic rings. The number of nitrogens with one attached hydrogen (secondary N) is 3. The van der Waals surface area contributed by atoms with Gasteiger partial charge in [0.2, 0.25) is 0 Å². The van der Waals surface area contributed by atoms with Crippen LogP contribution in [0, 0.1) is 10.8 Å². The molecule has 0 bridgehead atoms. The third kappa shape index (κ3) is 3.54. The summed E-state index contributed by atoms with van der Waals surface area (Å²) in [6.07, 6.45) is 5.50. The van der Waals surface area contributed by atoms with Crippen molar-refractivity contribution in [3.8, 4) is 11.1 Å². The van der Waals surface area contributed by atoms with Gasteiger partial charge in [0, 0.05) is 30.6 Å². The maximum atomic E-state index is 7.79. The van der Waals surface area contributed by atoms with Gasteiger partial charge in [-0.05, 0) is 36.9 Å². The van der Waals surface area contributed by atoms with E-state index in [1.807, 2.05) is 25.4 Å². The summed E-state index contributed by atoms with van der Waals surface area (Å²) < 4.78 is 1.74. The van der Waals surface area contributed by atoms with E-state index in [2.05, 4.69) is 20.4 Å². The van der Waals surface area contributed by atoms with Crippen LogP contribution in [0.15, 0.2) is 36.8 Å². The summed E-state index contributed by atoms with van der Waals surface area (Å²) in [4.78, 5) is 8.91. The van der Waals surface area contributed by atoms with E-state index < -0.39 is 0 Å². The minimum Gasteiger partial charge on any atom is -0.320 e. The van der Waals surface area contributed by atoms with Gasteiger partial charge in [-0.1, -0.05) is 0 Å². The average Bonchev–Trinajstić information content (AvgIpc) is 2.92. The number of aromatic nitrogens is 4. The number of thioether (sulfide) groups is 1. The van der Waals surface area contributed by atoms with Crippen LogP contribution < -0.4 is 5.32 Å². The first kappa shape index (κ1) is 15.2. The highest BCUT2D eigenvalue weighted by Gasteiger charge is 2.06. The molecule has 0 saturated carbocycles. The van der Waals surface area contributed by atoms with Gasteiger partial charge < -0.3 is 5.32 Å². The lowest BCUT2D eigenvalue weighted by molar-refractivity contribution is 0.768. The molecule has 0 atom stereocenters. The van der Waals surface area contributed by atoms with E-state index >= 15 is 0 Å². The predicted molar refractivity (Wildman–Crippen MR) is 94.1 cm³/mol. The Balaban J connectivity index is 1.91. The Morgan fingerprint density at radius 3 is 2.70 bits per heavy atom. The first-order valence-electron chi connectivity index (χ1n) is 6.85. The summed E-state index contributed by atoms with van der Waals surface area (Å²) in [5.74, 6) is 0.557. The molecular formula is C15H15N7S. The summed E-state index contributed by atoms with van der Waals surface area (Å²) in [7, 11) is 1.87. The van der Waals surface area contributed by atoms with Crippen molar-refractivity contribution in [2.45, 2.75) is 6.92 Å². The van der Waals surface area contributed by atoms with Crippen LogP contribution in [-0.2, 0) is 7.05 Å². The van der Waals surface area contributed by atoms with Crippen molar-refractivity contribution in [3.05, 3.63) is 36.8 Å². The van der Waals surface area contributed by atoms with E-state index in [9.17, 15) is 0 Å². The molecule has 116 valence electrons. The molecule has 0 unspecified atom stereocenters. The molecule has 3 rings (SSSR count). The number of nitrogens with zero attached hydrogens (tertiary/aromatic N) is 4. The molecule has 3 heterocycles. The monoisotopic (exact) mass is 325 g/mol. The van der Waals surface area contributed by atoms with Gasteiger partial charge in [-0.3, -0.25) is 20.5 Å². The van der Waals surface area contributed by atoms with Crippen LogP contribution in [0.5, 0.6) is 0 Å². The fourth-order valence-corrected chi connectivity index (χ4v) is 2.56. The number of hydrogen-bond acceptors (Lipinski definition) is 6. The molecule has 8 heteroatoms. The van der Waals surface area contributed by atoms with Crippen LogP contribution in [0.1, 0.15) is 6.92 Å². The van der Waals surface area contributed by atoms with Gasteiger partial charge in [-0.15, -0.1) is 0 Å². The van der Waals surface area contributed by atoms with Gasteiger partial charge >= 0.3 is 0 Å². The SMILES string of the molecule is CC(=N)SC(=N)Nc1ccc2ncc(-c3cnn(C)c3)cc2n1. The largest absolute Gasteiger partial charge is 0.320 e. The van der Waals surface area contributed by atoms with Gasteiger partial charge in [-0.25, -0.2) is 4.98 Å². The Kier molecular flexibility index (Phi) is 4.07. The molecule has 23 heavy (non-hydrogen) atoms. The van der Waals surface area contributed by atoms with Crippen LogP contribution >= 0.6 is 11.8 Å². The number of fused-ring (bicyclic) bond motifs is 1. The smallest absolute Gasteiger partial charge is 0.165 e. The van der Waals surface area contributed by atoms with Crippen LogP contribution in [0.3, 0.4) is 0 Å². The Labute approximate surface area is 137 Å². The van der Waals surface area contributed by atoms with E-state index in [0.717, 1.165) is 33.9 Å². The number of pyridine rings is 2. The topological polar surface area (TPSA) is 103 Å². The molecule has 7 nitrogen and oxygen atoms in total. The molecule has 3 N–H and O–H groups in total. The highest BCUT2D eigenvalue weighted by molar-refractivity contribution is 8.26. The van der Waals surface area contributed by atoms with Gasteiger partial charge in [0.05, 0.1) is 22.3 Å². The van der Waals surface area contributed by atoms with E-state index in [1.54, 1.807) is 30.1 Å². The van der Waals surface area contributed by atoms with Crippen LogP contribution in [0.25, 0.3) is 22.2 Å². The number of aryl methyl sites for hydroxylation is 1. The highest BCUT2D eigenvalue weighted by atomic mass is 32.2. The Hall–Kier alpha value is -2.74. The summed E-state index contributed by atoms with van der Waals surface area (Å²) in [5, 5.41) is 22.7. The molecule has 0 spiro atoms. The van der Waals surface area contributed by atoms with Crippen molar-refractivity contribution in [2.75, 3.05) is 5.32 Å². The average molecular weight is 325 g/mol. The molecule has 0 aliphatic heterocycles. The van der Waals surface area contributed by atoms with Gasteiger partial charge in [0.1, 0.15) is 5.82 Å². The van der Waals surface area contributed by atoms with E-state index in [1.165, 1.54) is 0 Å². The second kappa shape index (κ2) is 6.17. The zero-order valence-electron chi connectivity index (χ0n) is 12.7. The lowest BCUT2D eigenvalue weighted by Crippen LogP contribution is -2.09. The summed E-state index contributed by atoms with van der Waals surface area (Å²) in [5.41, 5.74) is 3.44. The predicted octanol–water partition coefficient (Wildman–Crippen LogP) is 3.11. The van der Waals surface area contributed by atoms with Gasteiger partial charge in [0.15, 0.2) is 5.17 Å². The lowest BCUT2D eigenvalue weighted by atomic mass is 10.1. The lowest BCUT2D eigenvalue weighted by Gasteiger charge is -2.07. The Bertz CT molecular complexity index is 900. The first-order chi connectivity index (χ1) is 11.0. The second-order valence-corrected chi connectivity index (χ2v) is 6.20. The highest BCUT2D eigenvalue weighted by Crippen LogP contribution is 2.22. The van der Waals surface area contributed by atoms with Crippen LogP contribution in [0.2, 0.25) is 0 Å². The molecule has 0 radical (unpaired) electrons. The quantitative estimate of drug-likeness (QED) is 0.496. The Morgan fingerprint density at radius 2 is 2.00 bits per heavy atom. The zero-order chi connectivity index (χ0) is 16.4. The molecule has 0 fully saturated rings. The van der Waals surface area contributed by atoms with Crippen molar-refractivity contribution in [2.24, 2.45) is 7.05 Å². The van der Waals surface area contributed by atoms with Crippen molar-refractivity contribution in [1.29, 1.82) is 10.8 Å². The van der Waals surface area contributed by atoms with Crippen molar-refractivity contribution >= 4 is 38.8 Å². The summed E-state index contributed by atoms with van der Waals surface area (Å²) in [6, 6.07) is 5.57. The molecule has 0 aromatic carbocycles. The summed E-state index contributed by atoms with van der Waals surface area (Å²) in [6.45, 7) is 1.64. The third-order valence-electron chi connectivity index (χ3n) is 3.07. The van der Waals surface area contributed by atoms with E-state index in [4.69, 9.17) is 10.8 Å². The number of hydrogen-bond donors (Lipinski definition) is 3. The van der Waals surface area contributed by atoms with E-state index in [0.29, 0.717) is 10.9 Å². The minimum absolute atomic E-state index is 0.167. The molecule has 0 saturated heterocycles. The van der Waals surface area contributed by atoms with Gasteiger partial charge in [0.25, 0.3) is 0 Å². The standard InChI is InChI=1S/C15H15N7S/c1-9(16)23-15(17)21-14-4-3-12-13(20-14)5-10(6-18-12)11-7-19-22(2)8-11/h3-8,16H,1-2H3,(H2,17,20,21). The van der Waals surface area contributed by atoms with E-state index in [-0.39, 0.29) is 5.17 Å². The number of anilines is 1. The van der Waals surface area contributed by atoms with Crippen molar-refractivity contribution in [1.82, 2.24) is 19.7 Å². The maximum absolute atomic E-state index is 7.79. The van der Waals surface area contributed by atoms with Crippen LogP contribution in [-0.4, -0.2) is 30.0 Å². The molecule has 3 aromatic rings. The van der Waals surface area contributed by atoms with Crippen molar-refractivity contribution < 1.29 is 0 Å². The number of amidine groups is 1. The fraction of sp³-hybridized carbons (Fsp3) is 0.133. The molecule has 3 aromatic heterocycles. The minimum atomic E-state index is 0.167. The third-order valence-corrected chi connectivity index (χ3v) is 3.68. The maximum Gasteiger partial charge on any atom is 0.165 e. The molecular weight excluding hydrogens is 310 g/mol.